The Bertz CT molecular complexity index is 434. The van der Waals surface area contributed by atoms with Gasteiger partial charge in [-0.3, -0.25) is 4.99 Å². The minimum absolute atomic E-state index is 0.386. The topological polar surface area (TPSA) is 48.2 Å². The number of hydrogen-bond acceptors (Lipinski definition) is 4. The van der Waals surface area contributed by atoms with Crippen molar-refractivity contribution in [3.8, 4) is 6.07 Å². The first-order valence-corrected chi connectivity index (χ1v) is 5.74. The number of nitriles is 1. The number of nitrogens with one attached hydrogen (secondary N) is 1. The fourth-order valence-corrected chi connectivity index (χ4v) is 2.25. The number of hydrogen-bond donors (Lipinski definition) is 1. The predicted octanol–water partition coefficient (Wildman–Crippen LogP) is 2.46. The number of benzene rings is 1. The van der Waals surface area contributed by atoms with Crippen LogP contribution in [-0.2, 0) is 0 Å². The molecule has 1 aliphatic heterocycles. The van der Waals surface area contributed by atoms with Gasteiger partial charge in [0.2, 0.25) is 0 Å². The summed E-state index contributed by atoms with van der Waals surface area (Å²) in [4.78, 5) is 4.42. The SMILES string of the molecule is CC1CSC(Nc2cccc(C#N)c2)=N1. The predicted molar refractivity (Wildman–Crippen MR) is 64.1 cm³/mol. The van der Waals surface area contributed by atoms with Crippen molar-refractivity contribution in [3.63, 3.8) is 0 Å². The molecule has 1 aromatic rings. The molecule has 76 valence electrons. The van der Waals surface area contributed by atoms with Gasteiger partial charge in [-0.1, -0.05) is 17.8 Å². The average Bonchev–Trinajstić information content (AvgIpc) is 2.64. The Morgan fingerprint density at radius 1 is 1.60 bits per heavy atom. The monoisotopic (exact) mass is 217 g/mol. The molecule has 2 rings (SSSR count). The van der Waals surface area contributed by atoms with Crippen LogP contribution in [0.3, 0.4) is 0 Å². The zero-order valence-corrected chi connectivity index (χ0v) is 9.21. The highest BCUT2D eigenvalue weighted by atomic mass is 32.2. The third-order valence-electron chi connectivity index (χ3n) is 2.04. The van der Waals surface area contributed by atoms with Gasteiger partial charge in [-0.25, -0.2) is 0 Å². The number of amidine groups is 1. The van der Waals surface area contributed by atoms with Crippen molar-refractivity contribution in [2.45, 2.75) is 13.0 Å². The van der Waals surface area contributed by atoms with Crippen LogP contribution in [0.2, 0.25) is 0 Å². The van der Waals surface area contributed by atoms with Gasteiger partial charge in [0.25, 0.3) is 0 Å². The van der Waals surface area contributed by atoms with Gasteiger partial charge >= 0.3 is 0 Å². The van der Waals surface area contributed by atoms with Gasteiger partial charge in [0.1, 0.15) is 0 Å². The van der Waals surface area contributed by atoms with Crippen molar-refractivity contribution < 1.29 is 0 Å². The normalized spacial score (nSPS) is 19.5. The Morgan fingerprint density at radius 2 is 2.47 bits per heavy atom. The highest BCUT2D eigenvalue weighted by Crippen LogP contribution is 2.20. The quantitative estimate of drug-likeness (QED) is 0.786. The van der Waals surface area contributed by atoms with Crippen molar-refractivity contribution in [1.82, 2.24) is 0 Å². The number of rotatable bonds is 1. The molecule has 1 aliphatic rings. The lowest BCUT2D eigenvalue weighted by Gasteiger charge is -2.04. The maximum atomic E-state index is 8.75. The van der Waals surface area contributed by atoms with Crippen molar-refractivity contribution in [2.24, 2.45) is 4.99 Å². The van der Waals surface area contributed by atoms with Crippen molar-refractivity contribution >= 4 is 22.6 Å². The largest absolute Gasteiger partial charge is 0.335 e. The molecule has 1 unspecified atom stereocenters. The van der Waals surface area contributed by atoms with E-state index >= 15 is 0 Å². The molecule has 1 aromatic carbocycles. The second-order valence-electron chi connectivity index (χ2n) is 3.41. The van der Waals surface area contributed by atoms with Gasteiger partial charge in [0.15, 0.2) is 5.17 Å². The maximum absolute atomic E-state index is 8.75. The molecule has 0 aromatic heterocycles. The highest BCUT2D eigenvalue weighted by molar-refractivity contribution is 8.14. The minimum Gasteiger partial charge on any atom is -0.335 e. The van der Waals surface area contributed by atoms with Crippen LogP contribution in [0, 0.1) is 11.3 Å². The van der Waals surface area contributed by atoms with Crippen molar-refractivity contribution in [1.29, 1.82) is 5.26 Å². The van der Waals surface area contributed by atoms with E-state index in [-0.39, 0.29) is 0 Å². The molecular weight excluding hydrogens is 206 g/mol. The summed E-state index contributed by atoms with van der Waals surface area (Å²) in [5.41, 5.74) is 1.59. The van der Waals surface area contributed by atoms with Gasteiger partial charge in [-0.15, -0.1) is 0 Å². The van der Waals surface area contributed by atoms with E-state index in [1.807, 2.05) is 18.2 Å². The van der Waals surface area contributed by atoms with Gasteiger partial charge in [0, 0.05) is 11.4 Å². The summed E-state index contributed by atoms with van der Waals surface area (Å²) in [6.07, 6.45) is 0. The number of thioether (sulfide) groups is 1. The highest BCUT2D eigenvalue weighted by Gasteiger charge is 2.13. The molecule has 0 amide bonds. The van der Waals surface area contributed by atoms with E-state index in [4.69, 9.17) is 5.26 Å². The Labute approximate surface area is 93.2 Å². The summed E-state index contributed by atoms with van der Waals surface area (Å²) in [5, 5.41) is 12.9. The Balaban J connectivity index is 2.11. The molecule has 0 radical (unpaired) electrons. The number of nitrogens with zero attached hydrogens (tertiary/aromatic N) is 2. The molecule has 0 fully saturated rings. The fourth-order valence-electron chi connectivity index (χ4n) is 1.33. The first-order chi connectivity index (χ1) is 7.28. The molecule has 3 nitrogen and oxygen atoms in total. The third kappa shape index (κ3) is 2.51. The van der Waals surface area contributed by atoms with Crippen LogP contribution in [-0.4, -0.2) is 17.0 Å². The van der Waals surface area contributed by atoms with E-state index in [0.717, 1.165) is 16.6 Å². The Morgan fingerprint density at radius 3 is 3.13 bits per heavy atom. The lowest BCUT2D eigenvalue weighted by Crippen LogP contribution is -2.04. The first-order valence-electron chi connectivity index (χ1n) is 4.76. The molecule has 1 heterocycles. The summed E-state index contributed by atoms with van der Waals surface area (Å²) in [6, 6.07) is 9.92. The fraction of sp³-hybridized carbons (Fsp3) is 0.273. The van der Waals surface area contributed by atoms with Gasteiger partial charge < -0.3 is 5.32 Å². The maximum Gasteiger partial charge on any atom is 0.161 e. The molecular formula is C11H11N3S. The molecule has 0 spiro atoms. The van der Waals surface area contributed by atoms with Crippen LogP contribution in [0.4, 0.5) is 5.69 Å². The zero-order chi connectivity index (χ0) is 10.7. The molecule has 0 saturated heterocycles. The van der Waals surface area contributed by atoms with E-state index < -0.39 is 0 Å². The summed E-state index contributed by atoms with van der Waals surface area (Å²) in [7, 11) is 0. The standard InChI is InChI=1S/C11H11N3S/c1-8-7-15-11(13-8)14-10-4-2-3-9(5-10)6-12/h2-5,8H,7H2,1H3,(H,13,14). The van der Waals surface area contributed by atoms with E-state index in [9.17, 15) is 0 Å². The molecule has 1 N–H and O–H groups in total. The molecule has 0 aliphatic carbocycles. The van der Waals surface area contributed by atoms with Gasteiger partial charge in [-0.05, 0) is 25.1 Å². The molecule has 1 atom stereocenters. The summed E-state index contributed by atoms with van der Waals surface area (Å²) >= 11 is 1.71. The van der Waals surface area contributed by atoms with Crippen LogP contribution in [0.15, 0.2) is 29.3 Å². The van der Waals surface area contributed by atoms with E-state index in [0.29, 0.717) is 11.6 Å². The molecule has 15 heavy (non-hydrogen) atoms. The Kier molecular flexibility index (Phi) is 2.93. The third-order valence-corrected chi connectivity index (χ3v) is 3.17. The zero-order valence-electron chi connectivity index (χ0n) is 8.40. The Hall–Kier alpha value is -1.47. The lowest BCUT2D eigenvalue weighted by atomic mass is 10.2. The van der Waals surface area contributed by atoms with Crippen molar-refractivity contribution in [3.05, 3.63) is 29.8 Å². The number of aliphatic imine (C=N–C) groups is 1. The van der Waals surface area contributed by atoms with Gasteiger partial charge in [-0.2, -0.15) is 5.26 Å². The number of anilines is 1. The second-order valence-corrected chi connectivity index (χ2v) is 4.42. The van der Waals surface area contributed by atoms with Crippen LogP contribution in [0.5, 0.6) is 0 Å². The average molecular weight is 217 g/mol. The molecule has 0 saturated carbocycles. The van der Waals surface area contributed by atoms with E-state index in [2.05, 4.69) is 23.3 Å². The smallest absolute Gasteiger partial charge is 0.161 e. The van der Waals surface area contributed by atoms with Crippen LogP contribution in [0.25, 0.3) is 0 Å². The first kappa shape index (κ1) is 10.1. The van der Waals surface area contributed by atoms with Crippen molar-refractivity contribution in [2.75, 3.05) is 11.1 Å². The second kappa shape index (κ2) is 4.37. The summed E-state index contributed by atoms with van der Waals surface area (Å²) in [6.45, 7) is 2.09. The van der Waals surface area contributed by atoms with Crippen LogP contribution >= 0.6 is 11.8 Å². The molecule has 0 bridgehead atoms. The van der Waals surface area contributed by atoms with E-state index in [1.165, 1.54) is 0 Å². The molecule has 4 heteroatoms. The van der Waals surface area contributed by atoms with E-state index in [1.54, 1.807) is 17.8 Å². The lowest BCUT2D eigenvalue weighted by molar-refractivity contribution is 0.865. The summed E-state index contributed by atoms with van der Waals surface area (Å²) < 4.78 is 0. The summed E-state index contributed by atoms with van der Waals surface area (Å²) in [5.74, 6) is 1.03. The van der Waals surface area contributed by atoms with Crippen LogP contribution in [0.1, 0.15) is 12.5 Å². The minimum atomic E-state index is 0.386. The van der Waals surface area contributed by atoms with Gasteiger partial charge in [0.05, 0.1) is 17.7 Å². The van der Waals surface area contributed by atoms with Crippen LogP contribution < -0.4 is 5.32 Å².